The number of carbonyl (C=O) groups excluding carboxylic acids is 2. The van der Waals surface area contributed by atoms with Crippen LogP contribution in [-0.4, -0.2) is 60.1 Å². The molecule has 2 aliphatic heterocycles. The maximum Gasteiger partial charge on any atom is 0.353 e. The number of β-lactam (4-membered cyclic amide) rings is 1. The van der Waals surface area contributed by atoms with Gasteiger partial charge in [0.2, 0.25) is 5.91 Å². The first-order valence-electron chi connectivity index (χ1n) is 11.0. The van der Waals surface area contributed by atoms with Crippen molar-refractivity contribution in [2.24, 2.45) is 0 Å². The number of benzene rings is 2. The van der Waals surface area contributed by atoms with E-state index in [1.54, 1.807) is 0 Å². The minimum absolute atomic E-state index is 0.0139. The van der Waals surface area contributed by atoms with Crippen molar-refractivity contribution in [1.29, 1.82) is 0 Å². The minimum atomic E-state index is -1.15. The summed E-state index contributed by atoms with van der Waals surface area (Å²) in [4.78, 5) is 44.7. The van der Waals surface area contributed by atoms with Gasteiger partial charge in [-0.25, -0.2) is 9.78 Å². The first kappa shape index (κ1) is 24.5. The highest BCUT2D eigenvalue weighted by atomic mass is 32.2. The summed E-state index contributed by atoms with van der Waals surface area (Å²) in [5, 5.41) is 19.7. The molecule has 1 aromatic heterocycles. The van der Waals surface area contributed by atoms with Gasteiger partial charge in [0.15, 0.2) is 5.16 Å². The number of hydrogen-bond donors (Lipinski definition) is 3. The Bertz CT molecular complexity index is 1320. The minimum Gasteiger partial charge on any atom is -0.477 e. The van der Waals surface area contributed by atoms with Crippen molar-refractivity contribution in [2.75, 3.05) is 5.75 Å². The molecule has 1 saturated heterocycles. The monoisotopic (exact) mass is 539 g/mol. The fraction of sp³-hybridized carbons (Fsp3) is 0.208. The zero-order valence-electron chi connectivity index (χ0n) is 18.8. The van der Waals surface area contributed by atoms with E-state index in [0.29, 0.717) is 21.6 Å². The molecule has 2 aromatic carbocycles. The predicted molar refractivity (Wildman–Crippen MR) is 138 cm³/mol. The molecule has 1 fully saturated rings. The maximum absolute atomic E-state index is 13.0. The number of aromatic amines is 1. The largest absolute Gasteiger partial charge is 0.477 e. The lowest BCUT2D eigenvalue weighted by Gasteiger charge is -2.49. The zero-order valence-corrected chi connectivity index (χ0v) is 21.2. The Balaban J connectivity index is 1.30. The van der Waals surface area contributed by atoms with Crippen LogP contribution in [0.15, 0.2) is 81.6 Å². The van der Waals surface area contributed by atoms with E-state index in [1.807, 2.05) is 54.6 Å². The molecule has 0 bridgehead atoms. The summed E-state index contributed by atoms with van der Waals surface area (Å²) >= 11 is 4.32. The molecule has 36 heavy (non-hydrogen) atoms. The number of amides is 2. The highest BCUT2D eigenvalue weighted by Crippen LogP contribution is 2.46. The fourth-order valence-electron chi connectivity index (χ4n) is 3.94. The first-order valence-corrected chi connectivity index (χ1v) is 13.8. The molecule has 184 valence electrons. The lowest BCUT2D eigenvalue weighted by Crippen LogP contribution is -2.70. The number of H-pyrrole nitrogens is 1. The number of nitrogens with one attached hydrogen (secondary N) is 2. The Labute approximate surface area is 219 Å². The molecular weight excluding hydrogens is 518 g/mol. The molecule has 0 unspecified atom stereocenters. The van der Waals surface area contributed by atoms with Crippen LogP contribution in [0.2, 0.25) is 0 Å². The van der Waals surface area contributed by atoms with Gasteiger partial charge in [-0.05, 0) is 17.2 Å². The molecule has 5 rings (SSSR count). The Morgan fingerprint density at radius 3 is 2.69 bits per heavy atom. The van der Waals surface area contributed by atoms with Gasteiger partial charge in [-0.15, -0.1) is 11.8 Å². The van der Waals surface area contributed by atoms with E-state index in [-0.39, 0.29) is 18.0 Å². The van der Waals surface area contributed by atoms with E-state index in [1.165, 1.54) is 46.5 Å². The van der Waals surface area contributed by atoms with Crippen LogP contribution in [0.1, 0.15) is 11.1 Å². The molecule has 0 spiro atoms. The van der Waals surface area contributed by atoms with E-state index >= 15 is 0 Å². The van der Waals surface area contributed by atoms with Gasteiger partial charge in [0.25, 0.3) is 5.91 Å². The summed E-state index contributed by atoms with van der Waals surface area (Å²) in [5.41, 5.74) is 1.86. The van der Waals surface area contributed by atoms with Crippen LogP contribution in [-0.2, 0) is 26.6 Å². The van der Waals surface area contributed by atoms with Crippen molar-refractivity contribution in [3.63, 3.8) is 0 Å². The molecule has 3 aromatic rings. The van der Waals surface area contributed by atoms with Gasteiger partial charge in [0.1, 0.15) is 23.4 Å². The van der Waals surface area contributed by atoms with Crippen LogP contribution in [0.5, 0.6) is 0 Å². The van der Waals surface area contributed by atoms with Crippen LogP contribution in [0.3, 0.4) is 0 Å². The summed E-state index contributed by atoms with van der Waals surface area (Å²) < 4.78 is 0. The van der Waals surface area contributed by atoms with Crippen molar-refractivity contribution in [1.82, 2.24) is 25.4 Å². The molecule has 2 aliphatic rings. The smallest absolute Gasteiger partial charge is 0.353 e. The number of fused-ring (bicyclic) bond motifs is 1. The molecule has 12 heteroatoms. The summed E-state index contributed by atoms with van der Waals surface area (Å²) in [5.74, 6) is -0.770. The molecular formula is C24H21N5O4S3. The van der Waals surface area contributed by atoms with Gasteiger partial charge in [-0.3, -0.25) is 19.6 Å². The van der Waals surface area contributed by atoms with Crippen LogP contribution in [0.4, 0.5) is 0 Å². The molecule has 0 saturated carbocycles. The number of carboxylic acid groups (broad SMARTS) is 1. The molecule has 2 atom stereocenters. The second-order valence-electron chi connectivity index (χ2n) is 7.98. The van der Waals surface area contributed by atoms with E-state index in [0.717, 1.165) is 16.0 Å². The summed E-state index contributed by atoms with van der Waals surface area (Å²) in [6.07, 6.45) is 1.61. The second-order valence-corrected chi connectivity index (χ2v) is 11.2. The highest BCUT2D eigenvalue weighted by Gasteiger charge is 2.54. The lowest BCUT2D eigenvalue weighted by atomic mass is 10.0. The first-order chi connectivity index (χ1) is 17.5. The quantitative estimate of drug-likeness (QED) is 0.277. The van der Waals surface area contributed by atoms with Gasteiger partial charge >= 0.3 is 5.97 Å². The molecule has 0 aliphatic carbocycles. The van der Waals surface area contributed by atoms with Crippen LogP contribution in [0.25, 0.3) is 0 Å². The molecule has 0 radical (unpaired) electrons. The normalized spacial score (nSPS) is 19.0. The third-order valence-corrected chi connectivity index (χ3v) is 9.21. The number of thioether (sulfide) groups is 3. The van der Waals surface area contributed by atoms with Gasteiger partial charge in [0, 0.05) is 21.3 Å². The summed E-state index contributed by atoms with van der Waals surface area (Å²) in [6.45, 7) is 0. The average Bonchev–Trinajstić information content (AvgIpc) is 3.41. The van der Waals surface area contributed by atoms with Gasteiger partial charge in [0.05, 0.1) is 6.42 Å². The van der Waals surface area contributed by atoms with Crippen molar-refractivity contribution < 1.29 is 19.5 Å². The number of hydrogen-bond acceptors (Lipinski definition) is 8. The topological polar surface area (TPSA) is 128 Å². The SMILES string of the molecule is O=C(Cc1ccccc1)N[C@@H]1C(=O)N2C(C(=O)O)=C(Sc3ccccc3CSc3ncn[nH]3)CS[C@@H]12. The lowest BCUT2D eigenvalue weighted by molar-refractivity contribution is -0.150. The Morgan fingerprint density at radius 1 is 1.17 bits per heavy atom. The van der Waals surface area contributed by atoms with Crippen LogP contribution >= 0.6 is 35.3 Å². The van der Waals surface area contributed by atoms with Gasteiger partial charge < -0.3 is 10.4 Å². The van der Waals surface area contributed by atoms with Crippen molar-refractivity contribution in [3.8, 4) is 0 Å². The number of nitrogens with zero attached hydrogens (tertiary/aromatic N) is 3. The zero-order chi connectivity index (χ0) is 25.1. The van der Waals surface area contributed by atoms with E-state index in [4.69, 9.17) is 0 Å². The van der Waals surface area contributed by atoms with E-state index in [2.05, 4.69) is 20.5 Å². The average molecular weight is 540 g/mol. The molecule has 2 amide bonds. The van der Waals surface area contributed by atoms with E-state index < -0.39 is 23.3 Å². The summed E-state index contributed by atoms with van der Waals surface area (Å²) in [7, 11) is 0. The van der Waals surface area contributed by atoms with Crippen LogP contribution in [0, 0.1) is 0 Å². The summed E-state index contributed by atoms with van der Waals surface area (Å²) in [6, 6.07) is 16.3. The number of carbonyl (C=O) groups is 3. The maximum atomic E-state index is 13.0. The third kappa shape index (κ3) is 5.15. The number of aliphatic carboxylic acids is 1. The van der Waals surface area contributed by atoms with Crippen LogP contribution < -0.4 is 5.32 Å². The molecule has 3 N–H and O–H groups in total. The molecule has 9 nitrogen and oxygen atoms in total. The van der Waals surface area contributed by atoms with Gasteiger partial charge in [-0.2, -0.15) is 5.10 Å². The fourth-order valence-corrected chi connectivity index (χ4v) is 7.41. The van der Waals surface area contributed by atoms with Gasteiger partial charge in [-0.1, -0.05) is 72.1 Å². The Kier molecular flexibility index (Phi) is 7.35. The predicted octanol–water partition coefficient (Wildman–Crippen LogP) is 3.13. The number of carboxylic acids is 1. The molecule has 3 heterocycles. The number of rotatable bonds is 9. The number of aromatic nitrogens is 3. The van der Waals surface area contributed by atoms with E-state index in [9.17, 15) is 19.5 Å². The highest BCUT2D eigenvalue weighted by molar-refractivity contribution is 8.06. The van der Waals surface area contributed by atoms with Crippen molar-refractivity contribution in [3.05, 3.63) is 82.7 Å². The third-order valence-electron chi connectivity index (χ3n) is 5.62. The second kappa shape index (κ2) is 10.8. The Morgan fingerprint density at radius 2 is 1.94 bits per heavy atom. The van der Waals surface area contributed by atoms with Crippen molar-refractivity contribution >= 4 is 53.1 Å². The van der Waals surface area contributed by atoms with Crippen molar-refractivity contribution in [2.45, 2.75) is 33.6 Å². The standard InChI is InChI=1S/C24H21N5O4S3/c30-18(10-14-6-2-1-3-7-14)27-19-21(31)29-20(23(32)33)17(12-34-22(19)29)36-16-9-5-4-8-15(16)11-35-24-25-13-26-28-24/h1-9,13,19,22H,10-12H2,(H,27,30)(H,32,33)(H,25,26,28)/t19-,22+/m1/s1. The Hall–Kier alpha value is -3.22.